The number of carbonyl (C=O) groups excluding carboxylic acids is 1. The average Bonchev–Trinajstić information content (AvgIpc) is 2.95. The van der Waals surface area contributed by atoms with Crippen LogP contribution in [-0.4, -0.2) is 34.6 Å². The second kappa shape index (κ2) is 10.8. The number of benzene rings is 4. The molecular weight excluding hydrogens is 520 g/mol. The molecular formula is C29H26N2O5S2. The van der Waals surface area contributed by atoms with Crippen molar-refractivity contribution in [3.05, 3.63) is 97.1 Å². The normalized spacial score (nSPS) is 12.3. The molecule has 7 nitrogen and oxygen atoms in total. The largest absolute Gasteiger partial charge is 0.494 e. The van der Waals surface area contributed by atoms with Crippen molar-refractivity contribution < 1.29 is 22.7 Å². The van der Waals surface area contributed by atoms with Crippen LogP contribution in [0.5, 0.6) is 11.5 Å². The molecule has 5 rings (SSSR count). The van der Waals surface area contributed by atoms with Gasteiger partial charge in [-0.2, -0.15) is 0 Å². The molecule has 1 amide bonds. The van der Waals surface area contributed by atoms with Gasteiger partial charge >= 0.3 is 0 Å². The molecule has 1 heterocycles. The van der Waals surface area contributed by atoms with Crippen LogP contribution < -0.4 is 18.7 Å². The summed E-state index contributed by atoms with van der Waals surface area (Å²) in [5.74, 6) is 0.867. The zero-order chi connectivity index (χ0) is 26.7. The smallest absolute Gasteiger partial charge is 0.269 e. The van der Waals surface area contributed by atoms with Crippen LogP contribution in [0.3, 0.4) is 0 Å². The molecule has 4 aromatic carbocycles. The van der Waals surface area contributed by atoms with Gasteiger partial charge in [0.25, 0.3) is 15.9 Å². The van der Waals surface area contributed by atoms with Crippen LogP contribution in [-0.2, 0) is 14.8 Å². The maximum absolute atomic E-state index is 13.3. The van der Waals surface area contributed by atoms with Crippen LogP contribution in [0.2, 0.25) is 0 Å². The van der Waals surface area contributed by atoms with Crippen molar-refractivity contribution in [1.82, 2.24) is 0 Å². The number of nitrogens with zero attached hydrogens (tertiary/aromatic N) is 2. The van der Waals surface area contributed by atoms with Crippen LogP contribution >= 0.6 is 11.8 Å². The lowest BCUT2D eigenvalue weighted by atomic mass is 10.2. The van der Waals surface area contributed by atoms with Crippen LogP contribution in [0.4, 0.5) is 17.1 Å². The van der Waals surface area contributed by atoms with Gasteiger partial charge in [-0.05, 0) is 79.7 Å². The van der Waals surface area contributed by atoms with Gasteiger partial charge in [-0.15, -0.1) is 0 Å². The summed E-state index contributed by atoms with van der Waals surface area (Å²) >= 11 is 1.63. The van der Waals surface area contributed by atoms with Crippen molar-refractivity contribution in [2.45, 2.75) is 21.6 Å². The maximum atomic E-state index is 13.3. The van der Waals surface area contributed by atoms with Crippen LogP contribution in [0.25, 0.3) is 0 Å². The average molecular weight is 547 g/mol. The second-order valence-corrected chi connectivity index (χ2v) is 11.5. The minimum Gasteiger partial charge on any atom is -0.494 e. The number of carbonyl (C=O) groups is 1. The van der Waals surface area contributed by atoms with Gasteiger partial charge in [0.1, 0.15) is 11.5 Å². The zero-order valence-corrected chi connectivity index (χ0v) is 22.5. The van der Waals surface area contributed by atoms with Gasteiger partial charge in [-0.25, -0.2) is 8.42 Å². The molecule has 0 atom stereocenters. The van der Waals surface area contributed by atoms with E-state index in [0.29, 0.717) is 23.8 Å². The molecule has 0 radical (unpaired) electrons. The van der Waals surface area contributed by atoms with Gasteiger partial charge < -0.3 is 9.47 Å². The van der Waals surface area contributed by atoms with Crippen LogP contribution in [0.15, 0.2) is 112 Å². The highest BCUT2D eigenvalue weighted by Gasteiger charge is 2.28. The SMILES string of the molecule is CCOc1ccc(S(=O)(=O)N(C)c2ccc(OCC(=O)N3c4ccccc4Sc4ccccc43)cc2)cc1. The van der Waals surface area contributed by atoms with Gasteiger partial charge in [0.15, 0.2) is 6.61 Å². The summed E-state index contributed by atoms with van der Waals surface area (Å²) in [5, 5.41) is 0. The predicted octanol–water partition coefficient (Wildman–Crippen LogP) is 6.12. The molecule has 0 bridgehead atoms. The van der Waals surface area contributed by atoms with Crippen molar-refractivity contribution in [1.29, 1.82) is 0 Å². The van der Waals surface area contributed by atoms with E-state index in [0.717, 1.165) is 21.2 Å². The van der Waals surface area contributed by atoms with Crippen molar-refractivity contribution in [3.63, 3.8) is 0 Å². The summed E-state index contributed by atoms with van der Waals surface area (Å²) in [7, 11) is -2.26. The van der Waals surface area contributed by atoms with E-state index in [1.165, 1.54) is 23.5 Å². The van der Waals surface area contributed by atoms with Gasteiger partial charge in [-0.1, -0.05) is 36.0 Å². The summed E-state index contributed by atoms with van der Waals surface area (Å²) in [4.78, 5) is 17.2. The quantitative estimate of drug-likeness (QED) is 0.265. The Bertz CT molecular complexity index is 1510. The lowest BCUT2D eigenvalue weighted by Crippen LogP contribution is -2.32. The molecule has 0 saturated carbocycles. The second-order valence-electron chi connectivity index (χ2n) is 8.43. The van der Waals surface area contributed by atoms with Crippen molar-refractivity contribution >= 4 is 44.8 Å². The Labute approximate surface area is 226 Å². The standard InChI is InChI=1S/C29H26N2O5S2/c1-3-35-22-16-18-24(19-17-22)38(33,34)30(2)21-12-14-23(15-13-21)36-20-29(32)31-25-8-4-6-10-27(25)37-28-11-7-5-9-26(28)31/h4-19H,3,20H2,1-2H3. The molecule has 1 aliphatic heterocycles. The number of para-hydroxylation sites is 2. The molecule has 0 saturated heterocycles. The summed E-state index contributed by atoms with van der Waals surface area (Å²) in [6, 6.07) is 28.5. The van der Waals surface area contributed by atoms with E-state index in [2.05, 4.69) is 0 Å². The number of ether oxygens (including phenoxy) is 2. The Morgan fingerprint density at radius 1 is 0.789 bits per heavy atom. The number of fused-ring (bicyclic) bond motifs is 2. The Morgan fingerprint density at radius 3 is 1.89 bits per heavy atom. The number of rotatable bonds is 8. The lowest BCUT2D eigenvalue weighted by molar-refractivity contribution is -0.119. The van der Waals surface area contributed by atoms with E-state index >= 15 is 0 Å². The van der Waals surface area contributed by atoms with E-state index < -0.39 is 10.0 Å². The third-order valence-corrected chi connectivity index (χ3v) is 8.97. The third-order valence-electron chi connectivity index (χ3n) is 6.04. The van der Waals surface area contributed by atoms with E-state index in [4.69, 9.17) is 9.47 Å². The Hall–Kier alpha value is -3.95. The fourth-order valence-electron chi connectivity index (χ4n) is 4.11. The Balaban J connectivity index is 1.28. The summed E-state index contributed by atoms with van der Waals surface area (Å²) in [6.07, 6.45) is 0. The van der Waals surface area contributed by atoms with Crippen molar-refractivity contribution in [2.75, 3.05) is 29.5 Å². The first-order valence-electron chi connectivity index (χ1n) is 12.0. The molecule has 194 valence electrons. The predicted molar refractivity (Wildman–Crippen MR) is 149 cm³/mol. The Kier molecular flexibility index (Phi) is 7.31. The third kappa shape index (κ3) is 5.07. The van der Waals surface area contributed by atoms with E-state index in [-0.39, 0.29) is 17.4 Å². The number of sulfonamides is 1. The zero-order valence-electron chi connectivity index (χ0n) is 20.9. The first-order chi connectivity index (χ1) is 18.4. The van der Waals surface area contributed by atoms with Gasteiger partial charge in [0.2, 0.25) is 0 Å². The highest BCUT2D eigenvalue weighted by Crippen LogP contribution is 2.47. The highest BCUT2D eigenvalue weighted by molar-refractivity contribution is 7.99. The van der Waals surface area contributed by atoms with Crippen LogP contribution in [0, 0.1) is 0 Å². The molecule has 0 unspecified atom stereocenters. The molecule has 0 aliphatic carbocycles. The fourth-order valence-corrected chi connectivity index (χ4v) is 6.36. The monoisotopic (exact) mass is 546 g/mol. The molecule has 0 spiro atoms. The molecule has 1 aliphatic rings. The highest BCUT2D eigenvalue weighted by atomic mass is 32.2. The van der Waals surface area contributed by atoms with E-state index in [1.807, 2.05) is 55.5 Å². The minimum atomic E-state index is -3.76. The lowest BCUT2D eigenvalue weighted by Gasteiger charge is -2.30. The first kappa shape index (κ1) is 25.7. The van der Waals surface area contributed by atoms with Gasteiger partial charge in [0.05, 0.1) is 28.6 Å². The number of hydrogen-bond donors (Lipinski definition) is 0. The number of anilines is 3. The number of amides is 1. The minimum absolute atomic E-state index is 0.162. The molecule has 9 heteroatoms. The molecule has 38 heavy (non-hydrogen) atoms. The van der Waals surface area contributed by atoms with E-state index in [1.54, 1.807) is 53.1 Å². The topological polar surface area (TPSA) is 76.1 Å². The summed E-state index contributed by atoms with van der Waals surface area (Å²) in [5.41, 5.74) is 2.11. The Morgan fingerprint density at radius 2 is 1.32 bits per heavy atom. The van der Waals surface area contributed by atoms with Crippen LogP contribution in [0.1, 0.15) is 6.92 Å². The van der Waals surface area contributed by atoms with Crippen molar-refractivity contribution in [3.8, 4) is 11.5 Å². The fraction of sp³-hybridized carbons (Fsp3) is 0.138. The van der Waals surface area contributed by atoms with E-state index in [9.17, 15) is 13.2 Å². The first-order valence-corrected chi connectivity index (χ1v) is 14.3. The maximum Gasteiger partial charge on any atom is 0.269 e. The summed E-state index contributed by atoms with van der Waals surface area (Å²) in [6.45, 7) is 2.20. The molecule has 0 aromatic heterocycles. The van der Waals surface area contributed by atoms with Gasteiger partial charge in [-0.3, -0.25) is 14.0 Å². The summed E-state index contributed by atoms with van der Waals surface area (Å²) < 4.78 is 38.6. The molecule has 4 aromatic rings. The number of hydrogen-bond acceptors (Lipinski definition) is 6. The molecule has 0 fully saturated rings. The van der Waals surface area contributed by atoms with Gasteiger partial charge in [0, 0.05) is 16.8 Å². The van der Waals surface area contributed by atoms with Crippen molar-refractivity contribution in [2.24, 2.45) is 0 Å². The molecule has 0 N–H and O–H groups in total.